The van der Waals surface area contributed by atoms with E-state index in [2.05, 4.69) is 16.7 Å². The summed E-state index contributed by atoms with van der Waals surface area (Å²) in [6, 6.07) is 7.74. The Kier molecular flexibility index (Phi) is 9.25. The maximum absolute atomic E-state index is 12.8. The summed E-state index contributed by atoms with van der Waals surface area (Å²) >= 11 is -1.13. The number of allylic oxidation sites excluding steroid dienone is 4. The Bertz CT molecular complexity index is 952. The van der Waals surface area contributed by atoms with Crippen LogP contribution in [0, 0.1) is 0 Å². The van der Waals surface area contributed by atoms with Crippen LogP contribution in [0.15, 0.2) is 65.4 Å². The van der Waals surface area contributed by atoms with Crippen molar-refractivity contribution in [3.05, 3.63) is 66.7 Å². The van der Waals surface area contributed by atoms with Crippen LogP contribution in [0.2, 0.25) is 0 Å². The Morgan fingerprint density at radius 1 is 1.25 bits per heavy atom. The standard InChI is InChI=1S/C24H32N4O3S/c1-4-10-21(11-5-2)28-18-17-27(32(28)29)16-8-7-9-19-30-22-14-12-20(13-15-22)24-25-23(6-3)31-26-24/h4-5,10-15H,1,6-9,16-19H2,2-3H3/b11-5-,21-10+. The molecule has 1 unspecified atom stereocenters. The van der Waals surface area contributed by atoms with E-state index in [1.807, 2.05) is 65.0 Å². The molecule has 0 bridgehead atoms. The highest BCUT2D eigenvalue weighted by Gasteiger charge is 2.28. The molecule has 8 heteroatoms. The third-order valence-corrected chi connectivity index (χ3v) is 6.66. The molecule has 0 amide bonds. The maximum atomic E-state index is 12.8. The second-order valence-corrected chi connectivity index (χ2v) is 8.81. The normalized spacial score (nSPS) is 17.4. The highest BCUT2D eigenvalue weighted by molar-refractivity contribution is 7.80. The summed E-state index contributed by atoms with van der Waals surface area (Å²) in [5.74, 6) is 2.07. The third-order valence-electron chi connectivity index (χ3n) is 5.08. The molecule has 1 aromatic carbocycles. The molecule has 2 aromatic rings. The quantitative estimate of drug-likeness (QED) is 0.342. The van der Waals surface area contributed by atoms with Gasteiger partial charge in [-0.2, -0.15) is 4.98 Å². The number of ether oxygens (including phenoxy) is 1. The molecule has 1 atom stereocenters. The predicted molar refractivity (Wildman–Crippen MR) is 128 cm³/mol. The minimum atomic E-state index is -1.13. The van der Waals surface area contributed by atoms with Crippen molar-refractivity contribution in [1.29, 1.82) is 0 Å². The molecule has 1 aliphatic heterocycles. The first-order valence-corrected chi connectivity index (χ1v) is 12.2. The molecule has 1 aromatic heterocycles. The summed E-state index contributed by atoms with van der Waals surface area (Å²) in [6.45, 7) is 10.7. The van der Waals surface area contributed by atoms with Crippen LogP contribution in [-0.4, -0.2) is 49.2 Å². The average molecular weight is 457 g/mol. The highest BCUT2D eigenvalue weighted by Crippen LogP contribution is 2.21. The number of rotatable bonds is 12. The summed E-state index contributed by atoms with van der Waals surface area (Å²) in [4.78, 5) is 4.34. The van der Waals surface area contributed by atoms with Crippen LogP contribution in [-0.2, 0) is 17.6 Å². The number of aryl methyl sites for hydroxylation is 1. The molecule has 7 nitrogen and oxygen atoms in total. The zero-order valence-electron chi connectivity index (χ0n) is 18.9. The third kappa shape index (κ3) is 6.40. The fourth-order valence-corrected chi connectivity index (χ4v) is 4.74. The van der Waals surface area contributed by atoms with E-state index >= 15 is 0 Å². The van der Waals surface area contributed by atoms with Crippen molar-refractivity contribution < 1.29 is 13.5 Å². The fraction of sp³-hybridized carbons (Fsp3) is 0.417. The minimum Gasteiger partial charge on any atom is -0.494 e. The predicted octanol–water partition coefficient (Wildman–Crippen LogP) is 4.69. The van der Waals surface area contributed by atoms with Crippen LogP contribution < -0.4 is 4.74 Å². The van der Waals surface area contributed by atoms with E-state index in [0.29, 0.717) is 18.3 Å². The molecule has 1 saturated heterocycles. The minimum absolute atomic E-state index is 0.601. The molecule has 0 aliphatic carbocycles. The highest BCUT2D eigenvalue weighted by atomic mass is 32.2. The Balaban J connectivity index is 1.35. The van der Waals surface area contributed by atoms with Crippen LogP contribution in [0.5, 0.6) is 5.75 Å². The lowest BCUT2D eigenvalue weighted by Gasteiger charge is -2.19. The van der Waals surface area contributed by atoms with Crippen molar-refractivity contribution in [3.8, 4) is 17.1 Å². The molecule has 0 N–H and O–H groups in total. The molecular formula is C24H32N4O3S. The van der Waals surface area contributed by atoms with E-state index in [0.717, 1.165) is 62.3 Å². The van der Waals surface area contributed by atoms with E-state index in [9.17, 15) is 4.21 Å². The molecule has 32 heavy (non-hydrogen) atoms. The smallest absolute Gasteiger partial charge is 0.226 e. The average Bonchev–Trinajstić information content (AvgIpc) is 3.43. The molecule has 2 heterocycles. The Morgan fingerprint density at radius 2 is 2.06 bits per heavy atom. The SMILES string of the molecule is C=C/C=C(\C=C/C)N1CCN(CCCCCOc2ccc(-c3noc(CC)n3)cc2)S1=O. The van der Waals surface area contributed by atoms with Crippen molar-refractivity contribution in [3.63, 3.8) is 0 Å². The number of hydrogen-bond acceptors (Lipinski definition) is 5. The monoisotopic (exact) mass is 456 g/mol. The van der Waals surface area contributed by atoms with Crippen LogP contribution in [0.1, 0.15) is 39.0 Å². The van der Waals surface area contributed by atoms with Crippen molar-refractivity contribution in [2.75, 3.05) is 26.2 Å². The Labute approximate surface area is 193 Å². The molecule has 0 saturated carbocycles. The lowest BCUT2D eigenvalue weighted by Crippen LogP contribution is -2.27. The summed E-state index contributed by atoms with van der Waals surface area (Å²) in [6.07, 6.45) is 11.3. The lowest BCUT2D eigenvalue weighted by molar-refractivity contribution is 0.302. The number of nitrogens with zero attached hydrogens (tertiary/aromatic N) is 4. The van der Waals surface area contributed by atoms with Crippen molar-refractivity contribution in [1.82, 2.24) is 18.8 Å². The molecule has 1 aliphatic rings. The van der Waals surface area contributed by atoms with Gasteiger partial charge in [-0.15, -0.1) is 0 Å². The molecular weight excluding hydrogens is 424 g/mol. The van der Waals surface area contributed by atoms with Crippen LogP contribution in [0.4, 0.5) is 0 Å². The Morgan fingerprint density at radius 3 is 2.75 bits per heavy atom. The second-order valence-electron chi connectivity index (χ2n) is 7.39. The Hall–Kier alpha value is -2.71. The van der Waals surface area contributed by atoms with E-state index in [4.69, 9.17) is 9.26 Å². The number of hydrogen-bond donors (Lipinski definition) is 0. The van der Waals surface area contributed by atoms with Crippen LogP contribution in [0.25, 0.3) is 11.4 Å². The first-order valence-electron chi connectivity index (χ1n) is 11.1. The zero-order valence-corrected chi connectivity index (χ0v) is 19.7. The first kappa shape index (κ1) is 23.9. The molecule has 1 fully saturated rings. The van der Waals surface area contributed by atoms with Gasteiger partial charge >= 0.3 is 0 Å². The van der Waals surface area contributed by atoms with Gasteiger partial charge in [0, 0.05) is 31.6 Å². The van der Waals surface area contributed by atoms with E-state index < -0.39 is 11.2 Å². The first-order chi connectivity index (χ1) is 15.7. The summed E-state index contributed by atoms with van der Waals surface area (Å²) in [5.41, 5.74) is 1.85. The lowest BCUT2D eigenvalue weighted by atomic mass is 10.2. The van der Waals surface area contributed by atoms with Crippen molar-refractivity contribution in [2.24, 2.45) is 0 Å². The van der Waals surface area contributed by atoms with Gasteiger partial charge in [-0.1, -0.05) is 30.8 Å². The second kappa shape index (κ2) is 12.4. The number of benzene rings is 1. The zero-order chi connectivity index (χ0) is 22.8. The largest absolute Gasteiger partial charge is 0.494 e. The molecule has 0 radical (unpaired) electrons. The fourth-order valence-electron chi connectivity index (χ4n) is 3.39. The molecule has 172 valence electrons. The van der Waals surface area contributed by atoms with E-state index in [-0.39, 0.29) is 0 Å². The van der Waals surface area contributed by atoms with Gasteiger partial charge in [0.25, 0.3) is 0 Å². The van der Waals surface area contributed by atoms with Gasteiger partial charge < -0.3 is 9.26 Å². The number of aromatic nitrogens is 2. The number of unbranched alkanes of at least 4 members (excludes halogenated alkanes) is 2. The van der Waals surface area contributed by atoms with Crippen LogP contribution >= 0.6 is 0 Å². The van der Waals surface area contributed by atoms with Gasteiger partial charge in [0.05, 0.1) is 12.3 Å². The van der Waals surface area contributed by atoms with E-state index in [1.54, 1.807) is 6.08 Å². The van der Waals surface area contributed by atoms with Crippen LogP contribution in [0.3, 0.4) is 0 Å². The maximum Gasteiger partial charge on any atom is 0.226 e. The summed E-state index contributed by atoms with van der Waals surface area (Å²) in [5, 5.41) is 3.99. The summed E-state index contributed by atoms with van der Waals surface area (Å²) in [7, 11) is 0. The van der Waals surface area contributed by atoms with E-state index in [1.165, 1.54) is 0 Å². The molecule has 0 spiro atoms. The van der Waals surface area contributed by atoms with Crippen molar-refractivity contribution in [2.45, 2.75) is 39.5 Å². The van der Waals surface area contributed by atoms with Gasteiger partial charge in [-0.25, -0.2) is 8.51 Å². The molecule has 3 rings (SSSR count). The van der Waals surface area contributed by atoms with Gasteiger partial charge in [0.2, 0.25) is 11.7 Å². The summed E-state index contributed by atoms with van der Waals surface area (Å²) < 4.78 is 27.7. The topological polar surface area (TPSA) is 71.7 Å². The van der Waals surface area contributed by atoms with Gasteiger partial charge in [-0.05, 0) is 62.6 Å². The van der Waals surface area contributed by atoms with Gasteiger partial charge in [0.1, 0.15) is 5.75 Å². The van der Waals surface area contributed by atoms with Crippen molar-refractivity contribution >= 4 is 11.2 Å². The van der Waals surface area contributed by atoms with Gasteiger partial charge in [-0.3, -0.25) is 4.31 Å². The van der Waals surface area contributed by atoms with Gasteiger partial charge in [0.15, 0.2) is 11.2 Å².